The summed E-state index contributed by atoms with van der Waals surface area (Å²) >= 11 is 0. The van der Waals surface area contributed by atoms with Crippen molar-refractivity contribution in [2.45, 2.75) is 34.0 Å². The van der Waals surface area contributed by atoms with Crippen molar-refractivity contribution in [1.82, 2.24) is 0 Å². The molecule has 0 N–H and O–H groups in total. The van der Waals surface area contributed by atoms with Crippen LogP contribution in [0.1, 0.15) is 6.42 Å². The van der Waals surface area contributed by atoms with E-state index >= 15 is 0 Å². The van der Waals surface area contributed by atoms with Crippen molar-refractivity contribution in [1.29, 1.82) is 0 Å². The van der Waals surface area contributed by atoms with Gasteiger partial charge in [-0.2, -0.15) is 0 Å². The van der Waals surface area contributed by atoms with Gasteiger partial charge in [-0.3, -0.25) is 0 Å². The van der Waals surface area contributed by atoms with Gasteiger partial charge in [0.25, 0.3) is 0 Å². The van der Waals surface area contributed by atoms with Crippen LogP contribution in [0.2, 0.25) is 27.6 Å². The van der Waals surface area contributed by atoms with Crippen LogP contribution in [0.25, 0.3) is 0 Å². The summed E-state index contributed by atoms with van der Waals surface area (Å²) in [5.41, 5.74) is 11.3. The first-order valence-electron chi connectivity index (χ1n) is 16.6. The third-order valence-electron chi connectivity index (χ3n) is 8.02. The molecule has 1 aliphatic rings. The van der Waals surface area contributed by atoms with Crippen LogP contribution < -0.4 is 31.8 Å². The van der Waals surface area contributed by atoms with Gasteiger partial charge in [0.15, 0.2) is 0 Å². The molecule has 0 amide bonds. The maximum absolute atomic E-state index is 6.97. The number of benzene rings is 6. The van der Waals surface area contributed by atoms with E-state index in [1.54, 1.807) is 0 Å². The molecule has 259 valence electrons. The van der Waals surface area contributed by atoms with Gasteiger partial charge >= 0.3 is 76.4 Å². The minimum absolute atomic E-state index is 0.446. The van der Waals surface area contributed by atoms with Crippen LogP contribution in [0.3, 0.4) is 0 Å². The maximum atomic E-state index is 6.97. The van der Waals surface area contributed by atoms with E-state index in [4.69, 9.17) is 9.69 Å². The number of hydrogen-bond acceptors (Lipinski definition) is 0. The van der Waals surface area contributed by atoms with E-state index in [1.807, 2.05) is 0 Å². The Bertz CT molecular complexity index is 1690. The molecule has 0 aromatic heterocycles. The first-order chi connectivity index (χ1) is 23.7. The van der Waals surface area contributed by atoms with Crippen LogP contribution in [-0.4, -0.2) is 0 Å². The molecule has 6 aromatic carbocycles. The SMILES string of the molecule is [CH3][Ru]([CH3])([CH3])([CH3])([CH3])([Cl])[C]1=CC=CC1.c1ccc(P(c2ccccc2)c2ccccc2)cc1.c1ccc(P(c2ccccc2)c2ccccc2)cc1. The van der Waals surface area contributed by atoms with E-state index in [9.17, 15) is 0 Å². The normalized spacial score (nSPS) is 14.5. The van der Waals surface area contributed by atoms with E-state index in [1.165, 1.54) is 36.0 Å². The standard InChI is InChI=1S/2C18H15P.C5H5.5CH3.ClH.Ru/c2*1-4-10-16(11-5-1)19(17-12-6-2-7-13-17)18-14-8-3-9-15-18;1-2-4-5-3-1;;;;;;;/h2*1-15H;1-3H,4H2;5*1H3;1H;/q;;;;;;;;;+1/p-1. The number of hydrogen-bond donors (Lipinski definition) is 0. The average molecular weight is 801 g/mol. The molecule has 0 atom stereocenters. The molecule has 0 bridgehead atoms. The zero-order valence-electron chi connectivity index (χ0n) is 29.9. The average Bonchev–Trinajstić information content (AvgIpc) is 3.69. The van der Waals surface area contributed by atoms with Crippen molar-refractivity contribution in [3.63, 3.8) is 0 Å². The summed E-state index contributed by atoms with van der Waals surface area (Å²) in [5, 5.41) is 8.39. The molecular weight excluding hydrogens is 751 g/mol. The third kappa shape index (κ3) is 11.0. The molecule has 0 radical (unpaired) electrons. The van der Waals surface area contributed by atoms with Crippen LogP contribution in [-0.2, 0) is 10.3 Å². The Labute approximate surface area is 304 Å². The van der Waals surface area contributed by atoms with Crippen molar-refractivity contribution < 1.29 is 10.3 Å². The first-order valence-corrected chi connectivity index (χ1v) is 31.1. The molecule has 0 saturated carbocycles. The van der Waals surface area contributed by atoms with E-state index < -0.39 is 26.1 Å². The fraction of sp³-hybridized carbons (Fsp3) is 0.130. The van der Waals surface area contributed by atoms with Crippen molar-refractivity contribution in [2.24, 2.45) is 0 Å². The second kappa shape index (κ2) is 14.7. The molecule has 7 rings (SSSR count). The van der Waals surface area contributed by atoms with Gasteiger partial charge in [-0.1, -0.05) is 182 Å². The van der Waals surface area contributed by atoms with E-state index in [2.05, 4.69) is 228 Å². The predicted molar refractivity (Wildman–Crippen MR) is 227 cm³/mol. The molecule has 50 heavy (non-hydrogen) atoms. The summed E-state index contributed by atoms with van der Waals surface area (Å²) in [4.78, 5) is 0. The molecule has 0 unspecified atom stereocenters. The Hall–Kier alpha value is -3.43. The Morgan fingerprint density at radius 1 is 0.380 bits per heavy atom. The van der Waals surface area contributed by atoms with Crippen LogP contribution in [0.4, 0.5) is 0 Å². The quantitative estimate of drug-likeness (QED) is 0.111. The van der Waals surface area contributed by atoms with Gasteiger partial charge in [0.05, 0.1) is 0 Å². The molecule has 6 aromatic rings. The number of rotatable bonds is 7. The van der Waals surface area contributed by atoms with Gasteiger partial charge in [0.2, 0.25) is 0 Å². The van der Waals surface area contributed by atoms with Crippen LogP contribution in [0, 0.1) is 0 Å². The maximum Gasteiger partial charge on any atom is -0.0134 e. The van der Waals surface area contributed by atoms with Gasteiger partial charge in [-0.05, 0) is 47.7 Å². The molecule has 1 aliphatic carbocycles. The summed E-state index contributed by atoms with van der Waals surface area (Å²) in [6.45, 7) is 0. The van der Waals surface area contributed by atoms with Crippen molar-refractivity contribution >= 4 is 57.4 Å². The summed E-state index contributed by atoms with van der Waals surface area (Å²) < 4.78 is 1.43. The minimum atomic E-state index is -3.57. The molecule has 0 spiro atoms. The zero-order chi connectivity index (χ0) is 35.6. The molecule has 0 nitrogen and oxygen atoms in total. The third-order valence-corrected chi connectivity index (χ3v) is 20.6. The fourth-order valence-electron chi connectivity index (χ4n) is 5.48. The van der Waals surface area contributed by atoms with Crippen LogP contribution >= 0.6 is 25.5 Å². The predicted octanol–water partition coefficient (Wildman–Crippen LogP) is 11.9. The summed E-state index contributed by atoms with van der Waals surface area (Å²) in [5.74, 6) is 0. The second-order valence-corrected chi connectivity index (χ2v) is 54.7. The Morgan fingerprint density at radius 3 is 0.740 bits per heavy atom. The Morgan fingerprint density at radius 2 is 0.600 bits per heavy atom. The summed E-state index contributed by atoms with van der Waals surface area (Å²) in [6.07, 6.45) is 7.52. The number of halogens is 1. The minimum Gasteiger partial charge on any atom is -0.0622 e. The largest absolute Gasteiger partial charge is 0.0622 e. The van der Waals surface area contributed by atoms with E-state index in [0.29, 0.717) is 0 Å². The molecule has 0 heterocycles. The van der Waals surface area contributed by atoms with E-state index in [-0.39, 0.29) is 0 Å². The molecule has 0 fully saturated rings. The molecule has 0 saturated heterocycles. The van der Waals surface area contributed by atoms with Crippen LogP contribution in [0.5, 0.6) is 0 Å². The summed E-state index contributed by atoms with van der Waals surface area (Å²) in [6, 6.07) is 64.7. The molecular formula is C46H50ClP2Ru. The Kier molecular flexibility index (Phi) is 11.1. The van der Waals surface area contributed by atoms with Crippen molar-refractivity contribution in [2.75, 3.05) is 0 Å². The fourth-order valence-corrected chi connectivity index (χ4v) is 14.5. The van der Waals surface area contributed by atoms with Crippen LogP contribution in [0.15, 0.2) is 204 Å². The number of allylic oxidation sites excluding steroid dienone is 4. The first kappa shape index (κ1) is 37.8. The zero-order valence-corrected chi connectivity index (χ0v) is 34.2. The summed E-state index contributed by atoms with van der Waals surface area (Å²) in [7, 11) is 2.50. The smallest absolute Gasteiger partial charge is 0.0134 e. The second-order valence-electron chi connectivity index (χ2n) is 15.1. The van der Waals surface area contributed by atoms with Gasteiger partial charge < -0.3 is 0 Å². The van der Waals surface area contributed by atoms with Gasteiger partial charge in [0, 0.05) is 0 Å². The van der Waals surface area contributed by atoms with Crippen molar-refractivity contribution in [3.05, 3.63) is 204 Å². The van der Waals surface area contributed by atoms with E-state index in [0.717, 1.165) is 6.42 Å². The monoisotopic (exact) mass is 801 g/mol. The Balaban J connectivity index is 0.000000150. The van der Waals surface area contributed by atoms with Gasteiger partial charge in [-0.15, -0.1) is 0 Å². The van der Waals surface area contributed by atoms with Crippen molar-refractivity contribution in [3.8, 4) is 0 Å². The molecule has 0 aliphatic heterocycles. The van der Waals surface area contributed by atoms with Gasteiger partial charge in [0.1, 0.15) is 0 Å². The topological polar surface area (TPSA) is 0 Å². The molecule has 4 heteroatoms. The van der Waals surface area contributed by atoms with Gasteiger partial charge in [-0.25, -0.2) is 0 Å².